The summed E-state index contributed by atoms with van der Waals surface area (Å²) in [7, 11) is 0. The Kier molecular flexibility index (Phi) is 9.39. The first-order valence-corrected chi connectivity index (χ1v) is 14.1. The van der Waals surface area contributed by atoms with Crippen LogP contribution in [0.4, 0.5) is 0 Å². The highest BCUT2D eigenvalue weighted by atomic mass is 16.5. The number of carbonyl (C=O) groups excluding carboxylic acids is 4. The van der Waals surface area contributed by atoms with Gasteiger partial charge < -0.3 is 20.5 Å². The molecule has 3 heterocycles. The van der Waals surface area contributed by atoms with Crippen molar-refractivity contribution >= 4 is 40.7 Å². The molecule has 4 rings (SSSR count). The Labute approximate surface area is 239 Å². The number of nitrogens with zero attached hydrogens (tertiary/aromatic N) is 2. The first kappa shape index (κ1) is 30.1. The molecule has 2 aliphatic heterocycles. The van der Waals surface area contributed by atoms with Crippen molar-refractivity contribution in [3.63, 3.8) is 0 Å². The number of pyridine rings is 1. The number of fused-ring (bicyclic) bond motifs is 4. The van der Waals surface area contributed by atoms with E-state index in [1.54, 1.807) is 45.9 Å². The predicted octanol–water partition coefficient (Wildman–Crippen LogP) is 2.00. The molecule has 0 saturated carbocycles. The van der Waals surface area contributed by atoms with Crippen molar-refractivity contribution in [3.05, 3.63) is 47.7 Å². The van der Waals surface area contributed by atoms with E-state index in [4.69, 9.17) is 9.72 Å². The molecule has 0 spiro atoms. The topological polar surface area (TPSA) is 150 Å². The van der Waals surface area contributed by atoms with Crippen molar-refractivity contribution < 1.29 is 29.0 Å². The Bertz CT molecular complexity index is 1340. The Morgan fingerprint density at radius 3 is 2.46 bits per heavy atom. The number of nitrogens with one attached hydrogen (secondary N) is 3. The molecule has 1 aromatic carbocycles. The van der Waals surface area contributed by atoms with Crippen LogP contribution in [0.25, 0.3) is 17.0 Å². The SMILES string of the molecule is CC(C)C1NC(=O)[C@@H]([C@H](C)O)/C=C/c2ccc3ccc(nc3c2)[C@@H](C)OC(=O)[C@@H]2CCCN(N2)C(=O)[C@H](C)NC1=O. The van der Waals surface area contributed by atoms with Gasteiger partial charge in [-0.15, -0.1) is 0 Å². The Morgan fingerprint density at radius 1 is 1.02 bits per heavy atom. The molecular formula is C30H39N5O6. The van der Waals surface area contributed by atoms with Gasteiger partial charge in [-0.3, -0.25) is 24.2 Å². The van der Waals surface area contributed by atoms with E-state index in [0.717, 1.165) is 10.9 Å². The van der Waals surface area contributed by atoms with Gasteiger partial charge in [0.05, 0.1) is 23.2 Å². The van der Waals surface area contributed by atoms with Gasteiger partial charge in [-0.05, 0) is 57.2 Å². The maximum absolute atomic E-state index is 13.3. The lowest BCUT2D eigenvalue weighted by molar-refractivity contribution is -0.157. The van der Waals surface area contributed by atoms with E-state index in [1.165, 1.54) is 11.9 Å². The van der Waals surface area contributed by atoms with Crippen LogP contribution in [0, 0.1) is 11.8 Å². The maximum Gasteiger partial charge on any atom is 0.325 e. The van der Waals surface area contributed by atoms with Crippen molar-refractivity contribution in [1.82, 2.24) is 26.1 Å². The summed E-state index contributed by atoms with van der Waals surface area (Å²) >= 11 is 0. The smallest absolute Gasteiger partial charge is 0.325 e. The molecule has 0 radical (unpaired) electrons. The molecule has 11 nitrogen and oxygen atoms in total. The summed E-state index contributed by atoms with van der Waals surface area (Å²) in [5.74, 6) is -3.17. The average Bonchev–Trinajstić information content (AvgIpc) is 2.94. The van der Waals surface area contributed by atoms with Crippen LogP contribution in [0.5, 0.6) is 0 Å². The molecule has 2 aromatic rings. The molecule has 11 heteroatoms. The van der Waals surface area contributed by atoms with Crippen LogP contribution in [0.15, 0.2) is 36.4 Å². The van der Waals surface area contributed by atoms with Crippen molar-refractivity contribution in [2.45, 2.75) is 77.8 Å². The second-order valence-corrected chi connectivity index (χ2v) is 11.2. The zero-order chi connectivity index (χ0) is 29.8. The molecule has 220 valence electrons. The number of cyclic esters (lactones) is 1. The number of esters is 1. The van der Waals surface area contributed by atoms with Gasteiger partial charge in [0.15, 0.2) is 0 Å². The third-order valence-corrected chi connectivity index (χ3v) is 7.48. The fourth-order valence-electron chi connectivity index (χ4n) is 4.98. The molecule has 0 aliphatic carbocycles. The molecule has 2 aliphatic rings. The monoisotopic (exact) mass is 565 g/mol. The lowest BCUT2D eigenvalue weighted by Gasteiger charge is -2.35. The highest BCUT2D eigenvalue weighted by Crippen LogP contribution is 2.23. The van der Waals surface area contributed by atoms with Crippen molar-refractivity contribution in [2.75, 3.05) is 6.54 Å². The number of hydrazine groups is 1. The summed E-state index contributed by atoms with van der Waals surface area (Å²) in [6.07, 6.45) is 2.72. The van der Waals surface area contributed by atoms with Gasteiger partial charge in [-0.25, -0.2) is 10.4 Å². The summed E-state index contributed by atoms with van der Waals surface area (Å²) in [4.78, 5) is 57.4. The summed E-state index contributed by atoms with van der Waals surface area (Å²) in [5, 5.41) is 18.1. The second-order valence-electron chi connectivity index (χ2n) is 11.2. The quantitative estimate of drug-likeness (QED) is 0.404. The third kappa shape index (κ3) is 7.09. The number of benzene rings is 1. The van der Waals surface area contributed by atoms with E-state index in [-0.39, 0.29) is 5.92 Å². The van der Waals surface area contributed by atoms with Gasteiger partial charge in [-0.2, -0.15) is 0 Å². The molecule has 6 atom stereocenters. The Balaban J connectivity index is 1.71. The molecule has 5 bridgehead atoms. The Morgan fingerprint density at radius 2 is 1.76 bits per heavy atom. The third-order valence-electron chi connectivity index (χ3n) is 7.48. The predicted molar refractivity (Wildman–Crippen MR) is 153 cm³/mol. The van der Waals surface area contributed by atoms with Gasteiger partial charge in [0, 0.05) is 11.9 Å². The molecule has 41 heavy (non-hydrogen) atoms. The van der Waals surface area contributed by atoms with Gasteiger partial charge in [0.2, 0.25) is 11.8 Å². The molecule has 3 amide bonds. The highest BCUT2D eigenvalue weighted by Gasteiger charge is 2.34. The molecule has 1 fully saturated rings. The number of ether oxygens (including phenoxy) is 1. The summed E-state index contributed by atoms with van der Waals surface area (Å²) < 4.78 is 5.73. The highest BCUT2D eigenvalue weighted by molar-refractivity contribution is 5.93. The standard InChI is InChI=1S/C30H39N5O6/c1-16(2)26-28(38)31-17(3)29(39)35-14-6-7-24(34-35)30(40)41-19(5)23-13-11-21-10-8-20(15-25(21)32-23)9-12-22(18(4)36)27(37)33-26/h8-13,15-19,22,24,26,34,36H,6-7,14H2,1-5H3,(H,31,38)(H,33,37)/b12-9+/t17-,18-,19+,22+,24-,26?/m0/s1. The van der Waals surface area contributed by atoms with Crippen LogP contribution in [-0.4, -0.2) is 69.6 Å². The number of hydrogen-bond donors (Lipinski definition) is 4. The Hall–Kier alpha value is -3.83. The molecule has 1 saturated heterocycles. The van der Waals surface area contributed by atoms with E-state index in [0.29, 0.717) is 30.6 Å². The zero-order valence-electron chi connectivity index (χ0n) is 24.1. The van der Waals surface area contributed by atoms with Crippen LogP contribution in [0.1, 0.15) is 64.8 Å². The van der Waals surface area contributed by atoms with Gasteiger partial charge in [0.25, 0.3) is 5.91 Å². The fourth-order valence-corrected chi connectivity index (χ4v) is 4.98. The van der Waals surface area contributed by atoms with E-state index in [9.17, 15) is 24.3 Å². The summed E-state index contributed by atoms with van der Waals surface area (Å²) in [5.41, 5.74) is 4.95. The first-order valence-electron chi connectivity index (χ1n) is 14.1. The number of amides is 3. The number of aliphatic hydroxyl groups is 1. The minimum atomic E-state index is -1.02. The molecular weight excluding hydrogens is 526 g/mol. The minimum Gasteiger partial charge on any atom is -0.455 e. The van der Waals surface area contributed by atoms with Crippen LogP contribution in [-0.2, 0) is 23.9 Å². The minimum absolute atomic E-state index is 0.295. The van der Waals surface area contributed by atoms with Gasteiger partial charge in [-0.1, -0.05) is 44.2 Å². The van der Waals surface area contributed by atoms with Gasteiger partial charge >= 0.3 is 5.97 Å². The molecule has 1 unspecified atom stereocenters. The van der Waals surface area contributed by atoms with E-state index in [1.807, 2.05) is 24.3 Å². The maximum atomic E-state index is 13.3. The normalized spacial score (nSPS) is 28.2. The fraction of sp³-hybridized carbons (Fsp3) is 0.500. The number of carbonyl (C=O) groups is 4. The van der Waals surface area contributed by atoms with Crippen molar-refractivity contribution in [3.8, 4) is 0 Å². The van der Waals surface area contributed by atoms with Gasteiger partial charge in [0.1, 0.15) is 24.2 Å². The van der Waals surface area contributed by atoms with E-state index >= 15 is 0 Å². The van der Waals surface area contributed by atoms with Crippen molar-refractivity contribution in [1.29, 1.82) is 0 Å². The lowest BCUT2D eigenvalue weighted by Crippen LogP contribution is -2.61. The number of rotatable bonds is 2. The van der Waals surface area contributed by atoms with Crippen LogP contribution in [0.3, 0.4) is 0 Å². The van der Waals surface area contributed by atoms with E-state index in [2.05, 4.69) is 16.1 Å². The van der Waals surface area contributed by atoms with Crippen LogP contribution in [0.2, 0.25) is 0 Å². The second kappa shape index (κ2) is 12.8. The summed E-state index contributed by atoms with van der Waals surface area (Å²) in [6.45, 7) is 8.73. The molecule has 4 N–H and O–H groups in total. The molecule has 1 aromatic heterocycles. The summed E-state index contributed by atoms with van der Waals surface area (Å²) in [6, 6.07) is 6.72. The number of aromatic nitrogens is 1. The van der Waals surface area contributed by atoms with Crippen LogP contribution < -0.4 is 16.1 Å². The number of hydrogen-bond acceptors (Lipinski definition) is 8. The first-order chi connectivity index (χ1) is 19.4. The lowest BCUT2D eigenvalue weighted by atomic mass is 9.97. The largest absolute Gasteiger partial charge is 0.455 e. The number of aliphatic hydroxyl groups excluding tert-OH is 1. The van der Waals surface area contributed by atoms with Crippen molar-refractivity contribution in [2.24, 2.45) is 11.8 Å². The van der Waals surface area contributed by atoms with E-state index < -0.39 is 59.9 Å². The average molecular weight is 566 g/mol. The zero-order valence-corrected chi connectivity index (χ0v) is 24.1. The van der Waals surface area contributed by atoms with Crippen LogP contribution >= 0.6 is 0 Å².